The topological polar surface area (TPSA) is 66.5 Å². The summed E-state index contributed by atoms with van der Waals surface area (Å²) >= 11 is 0. The normalized spacial score (nSPS) is 36.7. The minimum absolute atomic E-state index is 0.275. The standard InChI is InChI=1S/C20H22N2O3/c23-17-10-18(24)22(20(25)21-17)16-3-1-13(2-4-16)19-14-6-11-5-12(8-14)9-15(19)7-11/h1-4,11-12,14-15,19H,5-10H2,(H,21,23,25). The van der Waals surface area contributed by atoms with Crippen LogP contribution in [0.4, 0.5) is 10.5 Å². The van der Waals surface area contributed by atoms with Crippen LogP contribution in [0.5, 0.6) is 0 Å². The molecule has 0 spiro atoms. The average Bonchev–Trinajstić information content (AvgIpc) is 2.54. The second-order valence-corrected chi connectivity index (χ2v) is 8.31. The van der Waals surface area contributed by atoms with Crippen molar-refractivity contribution in [3.8, 4) is 0 Å². The van der Waals surface area contributed by atoms with Gasteiger partial charge >= 0.3 is 6.03 Å². The maximum Gasteiger partial charge on any atom is 0.335 e. The molecule has 1 N–H and O–H groups in total. The first-order valence-corrected chi connectivity index (χ1v) is 9.35. The van der Waals surface area contributed by atoms with Crippen molar-refractivity contribution in [3.63, 3.8) is 0 Å². The van der Waals surface area contributed by atoms with E-state index < -0.39 is 17.8 Å². The number of nitrogens with zero attached hydrogens (tertiary/aromatic N) is 1. The molecule has 0 unspecified atom stereocenters. The first-order chi connectivity index (χ1) is 12.1. The third-order valence-electron chi connectivity index (χ3n) is 6.77. The van der Waals surface area contributed by atoms with Crippen LogP contribution in [0.15, 0.2) is 24.3 Å². The third-order valence-corrected chi connectivity index (χ3v) is 6.77. The van der Waals surface area contributed by atoms with Crippen LogP contribution in [0.1, 0.15) is 50.0 Å². The Hall–Kier alpha value is -2.17. The van der Waals surface area contributed by atoms with Gasteiger partial charge in [-0.25, -0.2) is 9.69 Å². The summed E-state index contributed by atoms with van der Waals surface area (Å²) in [6, 6.07) is 7.23. The summed E-state index contributed by atoms with van der Waals surface area (Å²) in [4.78, 5) is 36.4. The fourth-order valence-electron chi connectivity index (χ4n) is 6.13. The maximum atomic E-state index is 12.0. The first kappa shape index (κ1) is 15.1. The largest absolute Gasteiger partial charge is 0.335 e. The lowest BCUT2D eigenvalue weighted by Gasteiger charge is -2.54. The van der Waals surface area contributed by atoms with Crippen molar-refractivity contribution in [1.29, 1.82) is 0 Å². The molecular weight excluding hydrogens is 316 g/mol. The Labute approximate surface area is 146 Å². The van der Waals surface area contributed by atoms with Crippen molar-refractivity contribution >= 4 is 23.5 Å². The molecule has 5 aliphatic rings. The van der Waals surface area contributed by atoms with Crippen LogP contribution >= 0.6 is 0 Å². The van der Waals surface area contributed by atoms with Gasteiger partial charge in [-0.15, -0.1) is 0 Å². The Morgan fingerprint density at radius 2 is 1.44 bits per heavy atom. The van der Waals surface area contributed by atoms with Crippen molar-refractivity contribution in [3.05, 3.63) is 29.8 Å². The monoisotopic (exact) mass is 338 g/mol. The summed E-state index contributed by atoms with van der Waals surface area (Å²) in [6.07, 6.45) is 6.65. The number of carbonyl (C=O) groups excluding carboxylic acids is 3. The molecule has 130 valence electrons. The summed E-state index contributed by atoms with van der Waals surface area (Å²) in [5, 5.41) is 2.21. The van der Waals surface area contributed by atoms with Crippen LogP contribution in [0, 0.1) is 23.7 Å². The van der Waals surface area contributed by atoms with E-state index in [0.717, 1.165) is 28.6 Å². The number of urea groups is 1. The van der Waals surface area contributed by atoms with Crippen LogP contribution < -0.4 is 10.2 Å². The molecule has 5 heteroatoms. The lowest BCUT2D eigenvalue weighted by Crippen LogP contribution is -2.52. The van der Waals surface area contributed by atoms with Gasteiger partial charge in [0.15, 0.2) is 0 Å². The van der Waals surface area contributed by atoms with E-state index in [1.165, 1.54) is 37.7 Å². The zero-order valence-corrected chi connectivity index (χ0v) is 14.1. The molecule has 4 bridgehead atoms. The van der Waals surface area contributed by atoms with Gasteiger partial charge in [0.1, 0.15) is 6.42 Å². The number of anilines is 1. The van der Waals surface area contributed by atoms with E-state index >= 15 is 0 Å². The summed E-state index contributed by atoms with van der Waals surface area (Å²) in [6.45, 7) is 0. The quantitative estimate of drug-likeness (QED) is 0.842. The highest BCUT2D eigenvalue weighted by molar-refractivity contribution is 6.26. The van der Waals surface area contributed by atoms with Gasteiger partial charge in [0, 0.05) is 0 Å². The molecule has 1 aliphatic heterocycles. The molecule has 4 aliphatic carbocycles. The van der Waals surface area contributed by atoms with Crippen molar-refractivity contribution in [2.75, 3.05) is 4.90 Å². The van der Waals surface area contributed by atoms with Crippen molar-refractivity contribution in [2.45, 2.75) is 44.4 Å². The van der Waals surface area contributed by atoms with Gasteiger partial charge in [0.2, 0.25) is 11.8 Å². The Morgan fingerprint density at radius 3 is 2.00 bits per heavy atom. The number of carbonyl (C=O) groups is 3. The van der Waals surface area contributed by atoms with Crippen LogP contribution in [0.25, 0.3) is 0 Å². The van der Waals surface area contributed by atoms with Crippen molar-refractivity contribution in [2.24, 2.45) is 23.7 Å². The summed E-state index contributed by atoms with van der Waals surface area (Å²) < 4.78 is 0. The molecule has 1 aromatic rings. The highest BCUT2D eigenvalue weighted by Gasteiger charge is 2.48. The summed E-state index contributed by atoms with van der Waals surface area (Å²) in [7, 11) is 0. The number of nitrogens with one attached hydrogen (secondary N) is 1. The van der Waals surface area contributed by atoms with Gasteiger partial charge in [-0.05, 0) is 79.4 Å². The van der Waals surface area contributed by atoms with E-state index in [2.05, 4.69) is 17.4 Å². The molecule has 1 aromatic carbocycles. The van der Waals surface area contributed by atoms with E-state index in [0.29, 0.717) is 11.6 Å². The van der Waals surface area contributed by atoms with Gasteiger partial charge in [0.25, 0.3) is 0 Å². The van der Waals surface area contributed by atoms with E-state index in [1.807, 2.05) is 12.1 Å². The van der Waals surface area contributed by atoms with Gasteiger partial charge < -0.3 is 0 Å². The predicted octanol–water partition coefficient (Wildman–Crippen LogP) is 3.20. The van der Waals surface area contributed by atoms with Crippen LogP contribution in [0.2, 0.25) is 0 Å². The molecule has 0 radical (unpaired) electrons. The van der Waals surface area contributed by atoms with Gasteiger partial charge in [-0.3, -0.25) is 14.9 Å². The maximum absolute atomic E-state index is 12.0. The number of amides is 4. The molecule has 0 atom stereocenters. The number of benzene rings is 1. The molecule has 4 saturated carbocycles. The first-order valence-electron chi connectivity index (χ1n) is 9.35. The number of rotatable bonds is 2. The second kappa shape index (κ2) is 5.41. The molecule has 5 fully saturated rings. The van der Waals surface area contributed by atoms with E-state index in [4.69, 9.17) is 0 Å². The molecule has 4 amide bonds. The molecule has 1 saturated heterocycles. The summed E-state index contributed by atoms with van der Waals surface area (Å²) in [5.74, 6) is 3.15. The third kappa shape index (κ3) is 2.40. The Morgan fingerprint density at radius 1 is 0.840 bits per heavy atom. The smallest absolute Gasteiger partial charge is 0.277 e. The zero-order valence-electron chi connectivity index (χ0n) is 14.1. The van der Waals surface area contributed by atoms with Gasteiger partial charge in [-0.1, -0.05) is 12.1 Å². The van der Waals surface area contributed by atoms with Crippen LogP contribution in [0.3, 0.4) is 0 Å². The molecule has 1 heterocycles. The average molecular weight is 338 g/mol. The summed E-state index contributed by atoms with van der Waals surface area (Å²) in [5.41, 5.74) is 1.89. The Bertz CT molecular complexity index is 707. The molecule has 6 rings (SSSR count). The highest BCUT2D eigenvalue weighted by Crippen LogP contribution is 2.59. The number of hydrogen-bond acceptors (Lipinski definition) is 3. The number of imide groups is 2. The molecular formula is C20H22N2O3. The number of barbiturate groups is 1. The fraction of sp³-hybridized carbons (Fsp3) is 0.550. The lowest BCUT2D eigenvalue weighted by molar-refractivity contribution is -0.128. The van der Waals surface area contributed by atoms with E-state index in [-0.39, 0.29) is 6.42 Å². The van der Waals surface area contributed by atoms with Crippen molar-refractivity contribution < 1.29 is 14.4 Å². The lowest BCUT2D eigenvalue weighted by atomic mass is 9.51. The zero-order chi connectivity index (χ0) is 17.1. The van der Waals surface area contributed by atoms with Crippen LogP contribution in [-0.2, 0) is 9.59 Å². The van der Waals surface area contributed by atoms with Gasteiger partial charge in [-0.2, -0.15) is 0 Å². The van der Waals surface area contributed by atoms with Crippen molar-refractivity contribution in [1.82, 2.24) is 5.32 Å². The molecule has 0 aromatic heterocycles. The SMILES string of the molecule is O=C1CC(=O)N(c2ccc(C3C4CC5CC(C4)CC3C5)cc2)C(=O)N1. The van der Waals surface area contributed by atoms with Crippen LogP contribution in [-0.4, -0.2) is 17.8 Å². The van der Waals surface area contributed by atoms with E-state index in [1.54, 1.807) is 0 Å². The highest BCUT2D eigenvalue weighted by atomic mass is 16.2. The second-order valence-electron chi connectivity index (χ2n) is 8.31. The Kier molecular flexibility index (Phi) is 3.27. The Balaban J connectivity index is 1.40. The molecule has 5 nitrogen and oxygen atoms in total. The minimum atomic E-state index is -0.649. The minimum Gasteiger partial charge on any atom is -0.277 e. The fourth-order valence-corrected chi connectivity index (χ4v) is 6.13. The number of hydrogen-bond donors (Lipinski definition) is 1. The predicted molar refractivity (Wildman–Crippen MR) is 91.9 cm³/mol. The van der Waals surface area contributed by atoms with Gasteiger partial charge in [0.05, 0.1) is 5.69 Å². The molecule has 25 heavy (non-hydrogen) atoms. The van der Waals surface area contributed by atoms with E-state index in [9.17, 15) is 14.4 Å².